The second-order valence-electron chi connectivity index (χ2n) is 7.92. The SMILES string of the molecule is CC(NC(=O)c1c(C(F)(F)F)nn2c1N(Cc1cccc(I)c1)CC2)c1ccc(C(=O)[O-])cc1. The number of fused-ring (bicyclic) bond motifs is 1. The number of carboxylic acid groups (broad SMARTS) is 1. The summed E-state index contributed by atoms with van der Waals surface area (Å²) < 4.78 is 43.7. The third-order valence-corrected chi connectivity index (χ3v) is 6.23. The number of hydrogen-bond donors (Lipinski definition) is 1. The monoisotopic (exact) mass is 583 g/mol. The molecule has 34 heavy (non-hydrogen) atoms. The zero-order valence-corrected chi connectivity index (χ0v) is 20.1. The summed E-state index contributed by atoms with van der Waals surface area (Å²) in [6, 6.07) is 12.5. The van der Waals surface area contributed by atoms with Gasteiger partial charge < -0.3 is 20.1 Å². The average Bonchev–Trinajstić information content (AvgIpc) is 3.34. The highest BCUT2D eigenvalue weighted by molar-refractivity contribution is 14.1. The Balaban J connectivity index is 1.65. The van der Waals surface area contributed by atoms with Crippen LogP contribution >= 0.6 is 22.6 Å². The number of carbonyl (C=O) groups is 2. The van der Waals surface area contributed by atoms with E-state index in [0.717, 1.165) is 9.13 Å². The molecule has 1 aromatic heterocycles. The van der Waals surface area contributed by atoms with Gasteiger partial charge in [-0.25, -0.2) is 4.68 Å². The van der Waals surface area contributed by atoms with Gasteiger partial charge in [0.2, 0.25) is 0 Å². The number of carbonyl (C=O) groups excluding carboxylic acids is 2. The fourth-order valence-corrected chi connectivity index (χ4v) is 4.54. The topological polar surface area (TPSA) is 90.3 Å². The molecule has 0 saturated heterocycles. The van der Waals surface area contributed by atoms with E-state index in [1.807, 2.05) is 24.3 Å². The van der Waals surface area contributed by atoms with E-state index in [-0.39, 0.29) is 17.9 Å². The van der Waals surface area contributed by atoms with E-state index in [4.69, 9.17) is 0 Å². The average molecular weight is 583 g/mol. The number of nitrogens with one attached hydrogen (secondary N) is 1. The smallest absolute Gasteiger partial charge is 0.436 e. The molecule has 0 aliphatic carbocycles. The molecule has 3 aromatic rings. The molecule has 0 spiro atoms. The maximum absolute atomic E-state index is 13.8. The molecule has 0 bridgehead atoms. The first-order valence-electron chi connectivity index (χ1n) is 10.3. The normalized spacial score (nSPS) is 14.1. The summed E-state index contributed by atoms with van der Waals surface area (Å²) in [6.45, 7) is 2.59. The van der Waals surface area contributed by atoms with Gasteiger partial charge in [0.1, 0.15) is 11.4 Å². The lowest BCUT2D eigenvalue weighted by Crippen LogP contribution is -2.31. The largest absolute Gasteiger partial charge is 0.545 e. The number of carboxylic acids is 1. The summed E-state index contributed by atoms with van der Waals surface area (Å²) >= 11 is 2.16. The van der Waals surface area contributed by atoms with Crippen LogP contribution in [0.4, 0.5) is 19.0 Å². The van der Waals surface area contributed by atoms with Crippen molar-refractivity contribution >= 4 is 40.3 Å². The number of nitrogens with zero attached hydrogens (tertiary/aromatic N) is 3. The Morgan fingerprint density at radius 3 is 2.50 bits per heavy atom. The van der Waals surface area contributed by atoms with Crippen molar-refractivity contribution in [3.05, 3.63) is 80.0 Å². The minimum atomic E-state index is -4.81. The van der Waals surface area contributed by atoms with Gasteiger partial charge in [-0.05, 0) is 58.3 Å². The molecule has 1 N–H and O–H groups in total. The van der Waals surface area contributed by atoms with Crippen molar-refractivity contribution in [3.8, 4) is 0 Å². The van der Waals surface area contributed by atoms with Crippen LogP contribution in [0.3, 0.4) is 0 Å². The second kappa shape index (κ2) is 9.28. The minimum absolute atomic E-state index is 0.0395. The number of halogens is 4. The van der Waals surface area contributed by atoms with E-state index in [9.17, 15) is 27.9 Å². The quantitative estimate of drug-likeness (QED) is 0.450. The molecule has 11 heteroatoms. The van der Waals surface area contributed by atoms with Crippen molar-refractivity contribution < 1.29 is 27.9 Å². The summed E-state index contributed by atoms with van der Waals surface area (Å²) in [5.74, 6) is -2.12. The number of hydrogen-bond acceptors (Lipinski definition) is 5. The number of amides is 1. The van der Waals surface area contributed by atoms with Crippen molar-refractivity contribution in [1.82, 2.24) is 15.1 Å². The number of rotatable bonds is 6. The van der Waals surface area contributed by atoms with Crippen LogP contribution in [-0.4, -0.2) is 28.2 Å². The summed E-state index contributed by atoms with van der Waals surface area (Å²) in [6.07, 6.45) is -4.81. The van der Waals surface area contributed by atoms with Crippen LogP contribution in [0.15, 0.2) is 48.5 Å². The number of aromatic nitrogens is 2. The molecule has 178 valence electrons. The third-order valence-electron chi connectivity index (χ3n) is 5.56. The number of anilines is 1. The standard InChI is InChI=1S/C23H20F3IN4O3/c1-13(15-5-7-16(8-6-15)22(33)34)28-20(32)18-19(23(24,25)26)29-31-10-9-30(21(18)31)12-14-3-2-4-17(27)11-14/h2-8,11,13H,9-10,12H2,1H3,(H,28,32)(H,33,34)/p-1. The molecule has 1 atom stereocenters. The molecule has 1 aliphatic heterocycles. The van der Waals surface area contributed by atoms with E-state index in [1.54, 1.807) is 11.8 Å². The van der Waals surface area contributed by atoms with Crippen LogP contribution in [0.2, 0.25) is 0 Å². The third kappa shape index (κ3) is 4.88. The van der Waals surface area contributed by atoms with Crippen LogP contribution < -0.4 is 15.3 Å². The molecule has 2 heterocycles. The van der Waals surface area contributed by atoms with E-state index < -0.39 is 35.4 Å². The van der Waals surface area contributed by atoms with Gasteiger partial charge in [0, 0.05) is 16.7 Å². The van der Waals surface area contributed by atoms with Gasteiger partial charge in [0.15, 0.2) is 5.69 Å². The molecule has 1 amide bonds. The zero-order chi connectivity index (χ0) is 24.6. The van der Waals surface area contributed by atoms with E-state index in [2.05, 4.69) is 33.0 Å². The minimum Gasteiger partial charge on any atom is -0.545 e. The van der Waals surface area contributed by atoms with Gasteiger partial charge in [-0.2, -0.15) is 18.3 Å². The fourth-order valence-electron chi connectivity index (χ4n) is 3.93. The molecular formula is C23H19F3IN4O3-. The number of aromatic carboxylic acids is 1. The van der Waals surface area contributed by atoms with Crippen molar-refractivity contribution in [3.63, 3.8) is 0 Å². The van der Waals surface area contributed by atoms with Gasteiger partial charge >= 0.3 is 6.18 Å². The molecular weight excluding hydrogens is 564 g/mol. The van der Waals surface area contributed by atoms with Crippen LogP contribution in [0.5, 0.6) is 0 Å². The molecule has 1 aliphatic rings. The molecule has 0 saturated carbocycles. The maximum Gasteiger partial charge on any atom is 0.436 e. The Hall–Kier alpha value is -3.09. The van der Waals surface area contributed by atoms with E-state index >= 15 is 0 Å². The van der Waals surface area contributed by atoms with Crippen molar-refractivity contribution in [1.29, 1.82) is 0 Å². The second-order valence-corrected chi connectivity index (χ2v) is 9.17. The highest BCUT2D eigenvalue weighted by atomic mass is 127. The highest BCUT2D eigenvalue weighted by Gasteiger charge is 2.44. The summed E-state index contributed by atoms with van der Waals surface area (Å²) in [5, 5.41) is 17.3. The van der Waals surface area contributed by atoms with E-state index in [0.29, 0.717) is 18.7 Å². The van der Waals surface area contributed by atoms with Crippen LogP contribution in [-0.2, 0) is 19.3 Å². The Kier molecular flexibility index (Phi) is 6.56. The van der Waals surface area contributed by atoms with Crippen LogP contribution in [0, 0.1) is 3.57 Å². The fraction of sp³-hybridized carbons (Fsp3) is 0.261. The molecule has 4 rings (SSSR count). The molecule has 0 fully saturated rings. The first kappa shape index (κ1) is 24.0. The lowest BCUT2D eigenvalue weighted by molar-refractivity contribution is -0.255. The van der Waals surface area contributed by atoms with Crippen molar-refractivity contribution in [2.45, 2.75) is 32.2 Å². The maximum atomic E-state index is 13.8. The molecule has 0 radical (unpaired) electrons. The molecule has 1 unspecified atom stereocenters. The Bertz CT molecular complexity index is 1240. The number of benzene rings is 2. The first-order chi connectivity index (χ1) is 16.0. The zero-order valence-electron chi connectivity index (χ0n) is 17.9. The Morgan fingerprint density at radius 2 is 1.88 bits per heavy atom. The summed E-state index contributed by atoms with van der Waals surface area (Å²) in [4.78, 5) is 25.8. The van der Waals surface area contributed by atoms with Crippen LogP contribution in [0.1, 0.15) is 50.5 Å². The van der Waals surface area contributed by atoms with Crippen molar-refractivity contribution in [2.75, 3.05) is 11.4 Å². The predicted molar refractivity (Wildman–Crippen MR) is 124 cm³/mol. The highest BCUT2D eigenvalue weighted by Crippen LogP contribution is 2.38. The Labute approximate surface area is 206 Å². The lowest BCUT2D eigenvalue weighted by Gasteiger charge is -2.21. The first-order valence-corrected chi connectivity index (χ1v) is 11.4. The van der Waals surface area contributed by atoms with Gasteiger partial charge in [-0.15, -0.1) is 0 Å². The lowest BCUT2D eigenvalue weighted by atomic mass is 10.1. The Morgan fingerprint density at radius 1 is 1.18 bits per heavy atom. The van der Waals surface area contributed by atoms with Gasteiger partial charge in [0.05, 0.1) is 18.6 Å². The van der Waals surface area contributed by atoms with Gasteiger partial charge in [0.25, 0.3) is 5.91 Å². The predicted octanol–water partition coefficient (Wildman–Crippen LogP) is 3.38. The number of alkyl halides is 3. The van der Waals surface area contributed by atoms with Crippen molar-refractivity contribution in [2.24, 2.45) is 0 Å². The van der Waals surface area contributed by atoms with E-state index in [1.165, 1.54) is 28.9 Å². The van der Waals surface area contributed by atoms with Gasteiger partial charge in [-0.1, -0.05) is 36.4 Å². The summed E-state index contributed by atoms with van der Waals surface area (Å²) in [7, 11) is 0. The molecule has 7 nitrogen and oxygen atoms in total. The van der Waals surface area contributed by atoms with Gasteiger partial charge in [-0.3, -0.25) is 4.79 Å². The molecule has 2 aromatic carbocycles. The van der Waals surface area contributed by atoms with Crippen LogP contribution in [0.25, 0.3) is 0 Å². The summed E-state index contributed by atoms with van der Waals surface area (Å²) in [5.41, 5.74) is -0.350.